The van der Waals surface area contributed by atoms with E-state index in [1.54, 1.807) is 13.2 Å². The average Bonchev–Trinajstić information content (AvgIpc) is 2.70. The molecule has 0 bridgehead atoms. The Hall–Kier alpha value is -2.24. The number of hydrogen-bond donors (Lipinski definition) is 0. The lowest BCUT2D eigenvalue weighted by atomic mass is 10.0. The van der Waals surface area contributed by atoms with Crippen molar-refractivity contribution in [2.24, 2.45) is 0 Å². The standard InChI is InChI=1S/C20H23ClN2O3/c1-25-18-10-6-5-9-17(18)22-11-13-23(14-12-22)19(20(24)26-2)15-7-3-4-8-16(15)21/h3-10,19H,11-14H2,1-2H3. The number of esters is 1. The van der Waals surface area contributed by atoms with Crippen LogP contribution in [0.25, 0.3) is 0 Å². The molecular formula is C20H23ClN2O3. The molecule has 1 saturated heterocycles. The Balaban J connectivity index is 1.78. The Morgan fingerprint density at radius 3 is 2.31 bits per heavy atom. The molecule has 0 saturated carbocycles. The van der Waals surface area contributed by atoms with Crippen LogP contribution in [0.15, 0.2) is 48.5 Å². The van der Waals surface area contributed by atoms with E-state index in [9.17, 15) is 4.79 Å². The molecule has 0 aromatic heterocycles. The molecule has 0 amide bonds. The lowest BCUT2D eigenvalue weighted by Crippen LogP contribution is -2.49. The molecule has 3 rings (SSSR count). The van der Waals surface area contributed by atoms with Crippen LogP contribution in [0, 0.1) is 0 Å². The molecule has 0 radical (unpaired) electrons. The Bertz CT molecular complexity index is 760. The fourth-order valence-corrected chi connectivity index (χ4v) is 3.63. The molecule has 138 valence electrons. The van der Waals surface area contributed by atoms with Crippen LogP contribution in [0.3, 0.4) is 0 Å². The van der Waals surface area contributed by atoms with Gasteiger partial charge in [-0.05, 0) is 23.8 Å². The number of para-hydroxylation sites is 2. The quantitative estimate of drug-likeness (QED) is 0.750. The van der Waals surface area contributed by atoms with Crippen molar-refractivity contribution in [2.45, 2.75) is 6.04 Å². The summed E-state index contributed by atoms with van der Waals surface area (Å²) in [7, 11) is 3.09. The van der Waals surface area contributed by atoms with Crippen molar-refractivity contribution in [1.82, 2.24) is 4.90 Å². The summed E-state index contributed by atoms with van der Waals surface area (Å²) in [5, 5.41) is 0.579. The highest BCUT2D eigenvalue weighted by molar-refractivity contribution is 6.31. The zero-order chi connectivity index (χ0) is 18.5. The van der Waals surface area contributed by atoms with E-state index in [-0.39, 0.29) is 5.97 Å². The number of anilines is 1. The molecule has 6 heteroatoms. The van der Waals surface area contributed by atoms with Crippen LogP contribution in [0.2, 0.25) is 5.02 Å². The third-order valence-corrected chi connectivity index (χ3v) is 5.07. The summed E-state index contributed by atoms with van der Waals surface area (Å²) in [6, 6.07) is 14.9. The highest BCUT2D eigenvalue weighted by atomic mass is 35.5. The summed E-state index contributed by atoms with van der Waals surface area (Å²) in [6.07, 6.45) is 0. The predicted octanol–water partition coefficient (Wildman–Crippen LogP) is 3.38. The summed E-state index contributed by atoms with van der Waals surface area (Å²) in [5.74, 6) is 0.570. The maximum atomic E-state index is 12.5. The first-order chi connectivity index (χ1) is 12.7. The van der Waals surface area contributed by atoms with Gasteiger partial charge in [-0.3, -0.25) is 4.90 Å². The molecule has 5 nitrogen and oxygen atoms in total. The molecule has 2 aromatic rings. The topological polar surface area (TPSA) is 42.0 Å². The van der Waals surface area contributed by atoms with Crippen molar-refractivity contribution in [3.05, 3.63) is 59.1 Å². The molecule has 0 aliphatic carbocycles. The van der Waals surface area contributed by atoms with Crippen molar-refractivity contribution in [1.29, 1.82) is 0 Å². The third-order valence-electron chi connectivity index (χ3n) is 4.73. The van der Waals surface area contributed by atoms with E-state index in [4.69, 9.17) is 21.1 Å². The Labute approximate surface area is 159 Å². The zero-order valence-corrected chi connectivity index (χ0v) is 15.8. The lowest BCUT2D eigenvalue weighted by Gasteiger charge is -2.39. The largest absolute Gasteiger partial charge is 0.495 e. The maximum Gasteiger partial charge on any atom is 0.327 e. The lowest BCUT2D eigenvalue weighted by molar-refractivity contribution is -0.147. The fraction of sp³-hybridized carbons (Fsp3) is 0.350. The number of ether oxygens (including phenoxy) is 2. The van der Waals surface area contributed by atoms with Gasteiger partial charge in [-0.2, -0.15) is 0 Å². The van der Waals surface area contributed by atoms with E-state index in [0.29, 0.717) is 5.02 Å². The van der Waals surface area contributed by atoms with Crippen LogP contribution in [0.5, 0.6) is 5.75 Å². The Kier molecular flexibility index (Phi) is 6.01. The van der Waals surface area contributed by atoms with Crippen molar-refractivity contribution >= 4 is 23.3 Å². The highest BCUT2D eigenvalue weighted by Crippen LogP contribution is 2.32. The molecule has 1 aliphatic rings. The molecule has 1 unspecified atom stereocenters. The smallest absolute Gasteiger partial charge is 0.327 e. The first-order valence-electron chi connectivity index (χ1n) is 8.60. The molecule has 0 N–H and O–H groups in total. The van der Waals surface area contributed by atoms with Gasteiger partial charge in [-0.15, -0.1) is 0 Å². The second-order valence-corrected chi connectivity index (χ2v) is 6.55. The number of piperazine rings is 1. The molecule has 1 heterocycles. The molecule has 1 atom stereocenters. The monoisotopic (exact) mass is 374 g/mol. The van der Waals surface area contributed by atoms with Crippen LogP contribution < -0.4 is 9.64 Å². The molecule has 1 fully saturated rings. The van der Waals surface area contributed by atoms with E-state index in [1.807, 2.05) is 36.4 Å². The number of rotatable bonds is 5. The van der Waals surface area contributed by atoms with E-state index >= 15 is 0 Å². The third kappa shape index (κ3) is 3.79. The number of nitrogens with zero attached hydrogens (tertiary/aromatic N) is 2. The Morgan fingerprint density at radius 2 is 1.65 bits per heavy atom. The number of carbonyl (C=O) groups is 1. The van der Waals surface area contributed by atoms with Gasteiger partial charge in [0.15, 0.2) is 0 Å². The SMILES string of the molecule is COC(=O)C(c1ccccc1Cl)N1CCN(c2ccccc2OC)CC1. The minimum Gasteiger partial charge on any atom is -0.495 e. The molecule has 0 spiro atoms. The second-order valence-electron chi connectivity index (χ2n) is 6.14. The van der Waals surface area contributed by atoms with E-state index in [2.05, 4.69) is 15.9 Å². The number of benzene rings is 2. The van der Waals surface area contributed by atoms with Gasteiger partial charge in [0, 0.05) is 31.2 Å². The predicted molar refractivity (Wildman–Crippen MR) is 103 cm³/mol. The summed E-state index contributed by atoms with van der Waals surface area (Å²) in [4.78, 5) is 16.9. The van der Waals surface area contributed by atoms with Crippen LogP contribution in [0.4, 0.5) is 5.69 Å². The number of methoxy groups -OCH3 is 2. The fourth-order valence-electron chi connectivity index (χ4n) is 3.39. The highest BCUT2D eigenvalue weighted by Gasteiger charge is 2.33. The molecule has 2 aromatic carbocycles. The summed E-state index contributed by atoms with van der Waals surface area (Å²) >= 11 is 6.34. The number of hydrogen-bond acceptors (Lipinski definition) is 5. The minimum absolute atomic E-state index is 0.288. The van der Waals surface area contributed by atoms with Crippen LogP contribution in [-0.4, -0.2) is 51.3 Å². The van der Waals surface area contributed by atoms with Gasteiger partial charge in [-0.25, -0.2) is 4.79 Å². The maximum absolute atomic E-state index is 12.5. The normalized spacial score (nSPS) is 16.2. The van der Waals surface area contributed by atoms with Gasteiger partial charge in [0.2, 0.25) is 0 Å². The van der Waals surface area contributed by atoms with Gasteiger partial charge in [-0.1, -0.05) is 41.9 Å². The second kappa shape index (κ2) is 8.43. The van der Waals surface area contributed by atoms with Gasteiger partial charge in [0.25, 0.3) is 0 Å². The van der Waals surface area contributed by atoms with E-state index in [1.165, 1.54) is 7.11 Å². The van der Waals surface area contributed by atoms with Crippen molar-refractivity contribution in [2.75, 3.05) is 45.3 Å². The van der Waals surface area contributed by atoms with Crippen molar-refractivity contribution in [3.8, 4) is 5.75 Å². The first kappa shape index (κ1) is 18.5. The first-order valence-corrected chi connectivity index (χ1v) is 8.97. The van der Waals surface area contributed by atoms with Crippen LogP contribution in [-0.2, 0) is 9.53 Å². The van der Waals surface area contributed by atoms with Gasteiger partial charge >= 0.3 is 5.97 Å². The van der Waals surface area contributed by atoms with E-state index in [0.717, 1.165) is 43.2 Å². The van der Waals surface area contributed by atoms with Crippen molar-refractivity contribution in [3.63, 3.8) is 0 Å². The minimum atomic E-state index is -0.492. The van der Waals surface area contributed by atoms with Gasteiger partial charge in [0.1, 0.15) is 11.8 Å². The molecule has 1 aliphatic heterocycles. The number of carbonyl (C=O) groups excluding carboxylic acids is 1. The summed E-state index contributed by atoms with van der Waals surface area (Å²) in [6.45, 7) is 3.03. The number of halogens is 1. The van der Waals surface area contributed by atoms with Crippen molar-refractivity contribution < 1.29 is 14.3 Å². The van der Waals surface area contributed by atoms with Gasteiger partial charge in [0.05, 0.1) is 19.9 Å². The van der Waals surface area contributed by atoms with E-state index < -0.39 is 6.04 Å². The average molecular weight is 375 g/mol. The zero-order valence-electron chi connectivity index (χ0n) is 15.0. The Morgan fingerprint density at radius 1 is 1.00 bits per heavy atom. The summed E-state index contributed by atoms with van der Waals surface area (Å²) < 4.78 is 10.5. The summed E-state index contributed by atoms with van der Waals surface area (Å²) in [5.41, 5.74) is 1.86. The van der Waals surface area contributed by atoms with Crippen LogP contribution >= 0.6 is 11.6 Å². The van der Waals surface area contributed by atoms with Gasteiger partial charge < -0.3 is 14.4 Å². The molecular weight excluding hydrogens is 352 g/mol. The molecule has 26 heavy (non-hydrogen) atoms. The van der Waals surface area contributed by atoms with Crippen LogP contribution in [0.1, 0.15) is 11.6 Å².